The summed E-state index contributed by atoms with van der Waals surface area (Å²) in [7, 11) is 0. The molecule has 0 saturated heterocycles. The highest BCUT2D eigenvalue weighted by molar-refractivity contribution is 6.08. The second-order valence-corrected chi connectivity index (χ2v) is 3.24. The molecule has 0 saturated carbocycles. The Balaban J connectivity index is 2.46. The van der Waals surface area contributed by atoms with Crippen LogP contribution in [0.5, 0.6) is 0 Å². The SMILES string of the molecule is Cc1ccoc1C(=O)c1ccccc1F. The molecule has 0 aliphatic heterocycles. The lowest BCUT2D eigenvalue weighted by atomic mass is 10.1. The molecule has 15 heavy (non-hydrogen) atoms. The van der Waals surface area contributed by atoms with Crippen LogP contribution in [-0.2, 0) is 0 Å². The van der Waals surface area contributed by atoms with Gasteiger partial charge in [-0.15, -0.1) is 0 Å². The summed E-state index contributed by atoms with van der Waals surface area (Å²) in [5.74, 6) is -0.756. The quantitative estimate of drug-likeness (QED) is 0.704. The first-order valence-electron chi connectivity index (χ1n) is 4.53. The third-order valence-corrected chi connectivity index (χ3v) is 2.19. The van der Waals surface area contributed by atoms with Crippen LogP contribution in [0.2, 0.25) is 0 Å². The van der Waals surface area contributed by atoms with E-state index in [9.17, 15) is 9.18 Å². The molecule has 3 heteroatoms. The van der Waals surface area contributed by atoms with Gasteiger partial charge >= 0.3 is 0 Å². The van der Waals surface area contributed by atoms with E-state index in [4.69, 9.17) is 4.42 Å². The lowest BCUT2D eigenvalue weighted by molar-refractivity contribution is 0.100. The number of benzene rings is 1. The van der Waals surface area contributed by atoms with Crippen molar-refractivity contribution in [1.82, 2.24) is 0 Å². The molecule has 0 radical (unpaired) electrons. The Kier molecular flexibility index (Phi) is 2.37. The summed E-state index contributed by atoms with van der Waals surface area (Å²) in [6.45, 7) is 1.75. The maximum Gasteiger partial charge on any atom is 0.231 e. The monoisotopic (exact) mass is 204 g/mol. The minimum Gasteiger partial charge on any atom is -0.461 e. The van der Waals surface area contributed by atoms with Crippen LogP contribution >= 0.6 is 0 Å². The number of rotatable bonds is 2. The van der Waals surface area contributed by atoms with Gasteiger partial charge in [0.1, 0.15) is 5.82 Å². The third kappa shape index (κ3) is 1.68. The highest BCUT2D eigenvalue weighted by Gasteiger charge is 2.17. The van der Waals surface area contributed by atoms with Crippen molar-refractivity contribution < 1.29 is 13.6 Å². The van der Waals surface area contributed by atoms with Gasteiger partial charge in [-0.05, 0) is 30.7 Å². The number of halogens is 1. The maximum atomic E-state index is 13.3. The lowest BCUT2D eigenvalue weighted by Crippen LogP contribution is -2.04. The smallest absolute Gasteiger partial charge is 0.231 e. The van der Waals surface area contributed by atoms with Gasteiger partial charge in [0, 0.05) is 0 Å². The zero-order valence-electron chi connectivity index (χ0n) is 8.16. The zero-order chi connectivity index (χ0) is 10.8. The van der Waals surface area contributed by atoms with Gasteiger partial charge in [-0.1, -0.05) is 12.1 Å². The molecule has 76 valence electrons. The van der Waals surface area contributed by atoms with Gasteiger partial charge in [-0.2, -0.15) is 0 Å². The Morgan fingerprint density at radius 3 is 2.60 bits per heavy atom. The molecule has 0 amide bonds. The van der Waals surface area contributed by atoms with Crippen molar-refractivity contribution in [1.29, 1.82) is 0 Å². The molecule has 0 atom stereocenters. The van der Waals surface area contributed by atoms with Gasteiger partial charge in [-0.3, -0.25) is 4.79 Å². The molecule has 1 aromatic carbocycles. The summed E-state index contributed by atoms with van der Waals surface area (Å²) in [4.78, 5) is 11.8. The average Bonchev–Trinajstić information content (AvgIpc) is 2.64. The van der Waals surface area contributed by atoms with Gasteiger partial charge in [0.15, 0.2) is 5.76 Å². The molecule has 2 rings (SSSR count). The van der Waals surface area contributed by atoms with E-state index >= 15 is 0 Å². The Hall–Kier alpha value is -1.90. The number of hydrogen-bond acceptors (Lipinski definition) is 2. The standard InChI is InChI=1S/C12H9FO2/c1-8-6-7-15-12(8)11(14)9-4-2-3-5-10(9)13/h2-7H,1H3. The predicted molar refractivity (Wildman–Crippen MR) is 53.3 cm³/mol. The average molecular weight is 204 g/mol. The second kappa shape index (κ2) is 3.69. The van der Waals surface area contributed by atoms with E-state index in [1.54, 1.807) is 25.1 Å². The van der Waals surface area contributed by atoms with Crippen LogP contribution in [0.4, 0.5) is 4.39 Å². The van der Waals surface area contributed by atoms with E-state index in [2.05, 4.69) is 0 Å². The second-order valence-electron chi connectivity index (χ2n) is 3.24. The predicted octanol–water partition coefficient (Wildman–Crippen LogP) is 2.96. The van der Waals surface area contributed by atoms with Crippen LogP contribution in [0.3, 0.4) is 0 Å². The summed E-state index contributed by atoms with van der Waals surface area (Å²) in [5, 5.41) is 0. The van der Waals surface area contributed by atoms with Gasteiger partial charge in [0.25, 0.3) is 0 Å². The lowest BCUT2D eigenvalue weighted by Gasteiger charge is -1.99. The van der Waals surface area contributed by atoms with E-state index in [-0.39, 0.29) is 11.3 Å². The highest BCUT2D eigenvalue weighted by Crippen LogP contribution is 2.16. The summed E-state index contributed by atoms with van der Waals surface area (Å²) >= 11 is 0. The minimum absolute atomic E-state index is 0.0375. The van der Waals surface area contributed by atoms with Crippen molar-refractivity contribution in [2.24, 2.45) is 0 Å². The van der Waals surface area contributed by atoms with E-state index in [0.717, 1.165) is 0 Å². The van der Waals surface area contributed by atoms with Crippen LogP contribution in [0.25, 0.3) is 0 Å². The fourth-order valence-corrected chi connectivity index (χ4v) is 1.37. The fraction of sp³-hybridized carbons (Fsp3) is 0.0833. The van der Waals surface area contributed by atoms with Crippen molar-refractivity contribution in [3.8, 4) is 0 Å². The molecule has 0 N–H and O–H groups in total. The molecule has 2 nitrogen and oxygen atoms in total. The summed E-state index contributed by atoms with van der Waals surface area (Å²) < 4.78 is 18.3. The number of ketones is 1. The first-order valence-corrected chi connectivity index (χ1v) is 4.53. The molecular weight excluding hydrogens is 195 g/mol. The first-order chi connectivity index (χ1) is 7.20. The van der Waals surface area contributed by atoms with Crippen LogP contribution in [0, 0.1) is 12.7 Å². The summed E-state index contributed by atoms with van der Waals surface area (Å²) in [5.41, 5.74) is 0.749. The van der Waals surface area contributed by atoms with Crippen LogP contribution in [-0.4, -0.2) is 5.78 Å². The molecule has 0 aliphatic carbocycles. The van der Waals surface area contributed by atoms with Crippen molar-refractivity contribution >= 4 is 5.78 Å². The third-order valence-electron chi connectivity index (χ3n) is 2.19. The van der Waals surface area contributed by atoms with E-state index in [0.29, 0.717) is 5.56 Å². The van der Waals surface area contributed by atoms with Crippen molar-refractivity contribution in [2.75, 3.05) is 0 Å². The van der Waals surface area contributed by atoms with Gasteiger partial charge in [0.2, 0.25) is 5.78 Å². The molecule has 0 unspecified atom stereocenters. The molecule has 2 aromatic rings. The minimum atomic E-state index is -0.529. The van der Waals surface area contributed by atoms with Crippen molar-refractivity contribution in [3.63, 3.8) is 0 Å². The van der Waals surface area contributed by atoms with Gasteiger partial charge < -0.3 is 4.42 Å². The number of hydrogen-bond donors (Lipinski definition) is 0. The molecule has 0 bridgehead atoms. The summed E-state index contributed by atoms with van der Waals surface area (Å²) in [6, 6.07) is 7.54. The fourth-order valence-electron chi connectivity index (χ4n) is 1.37. The molecule has 1 aromatic heterocycles. The summed E-state index contributed by atoms with van der Waals surface area (Å²) in [6.07, 6.45) is 1.42. The van der Waals surface area contributed by atoms with Crippen molar-refractivity contribution in [3.05, 3.63) is 59.3 Å². The van der Waals surface area contributed by atoms with Crippen LogP contribution in [0.1, 0.15) is 21.7 Å². The van der Waals surface area contributed by atoms with Crippen molar-refractivity contribution in [2.45, 2.75) is 6.92 Å². The normalized spacial score (nSPS) is 10.3. The Bertz CT molecular complexity index is 500. The van der Waals surface area contributed by atoms with E-state index in [1.165, 1.54) is 18.4 Å². The highest BCUT2D eigenvalue weighted by atomic mass is 19.1. The first kappa shape index (κ1) is 9.65. The topological polar surface area (TPSA) is 30.2 Å². The van der Waals surface area contributed by atoms with Crippen LogP contribution in [0.15, 0.2) is 41.0 Å². The maximum absolute atomic E-state index is 13.3. The number of carbonyl (C=O) groups excluding carboxylic acids is 1. The number of furan rings is 1. The molecule has 0 aliphatic rings. The molecule has 0 fully saturated rings. The van der Waals surface area contributed by atoms with E-state index < -0.39 is 11.6 Å². The Morgan fingerprint density at radius 1 is 1.27 bits per heavy atom. The van der Waals surface area contributed by atoms with Gasteiger partial charge in [0.05, 0.1) is 11.8 Å². The zero-order valence-corrected chi connectivity index (χ0v) is 8.16. The molecule has 1 heterocycles. The Labute approximate surface area is 86.3 Å². The number of carbonyl (C=O) groups is 1. The molecule has 0 spiro atoms. The molecular formula is C12H9FO2. The largest absolute Gasteiger partial charge is 0.461 e. The van der Waals surface area contributed by atoms with Gasteiger partial charge in [-0.25, -0.2) is 4.39 Å². The van der Waals surface area contributed by atoms with Crippen LogP contribution < -0.4 is 0 Å². The van der Waals surface area contributed by atoms with E-state index in [1.807, 2.05) is 0 Å². The Morgan fingerprint density at radius 2 is 2.00 bits per heavy atom. The number of aryl methyl sites for hydroxylation is 1.